The molecule has 27 heavy (non-hydrogen) atoms. The van der Waals surface area contributed by atoms with Crippen LogP contribution < -0.4 is 5.32 Å². The van der Waals surface area contributed by atoms with Gasteiger partial charge in [-0.3, -0.25) is 10.1 Å². The Balaban J connectivity index is 1.77. The zero-order chi connectivity index (χ0) is 19.7. The van der Waals surface area contributed by atoms with E-state index in [1.54, 1.807) is 11.4 Å². The van der Waals surface area contributed by atoms with Gasteiger partial charge in [0.2, 0.25) is 11.0 Å². The predicted molar refractivity (Wildman–Crippen MR) is 110 cm³/mol. The van der Waals surface area contributed by atoms with Crippen LogP contribution in [0.2, 0.25) is 0 Å². The molecule has 0 radical (unpaired) electrons. The molecule has 0 unspecified atom stereocenters. The van der Waals surface area contributed by atoms with E-state index in [-0.39, 0.29) is 10.8 Å². The van der Waals surface area contributed by atoms with Crippen LogP contribution >= 0.6 is 22.7 Å². The van der Waals surface area contributed by atoms with E-state index in [4.69, 9.17) is 0 Å². The van der Waals surface area contributed by atoms with Gasteiger partial charge in [0.15, 0.2) is 0 Å². The number of aryl methyl sites for hydroxylation is 1. The minimum absolute atomic E-state index is 0.218. The number of unbranched alkanes of at least 4 members (excludes halogenated alkanes) is 5. The first-order chi connectivity index (χ1) is 12.9. The van der Waals surface area contributed by atoms with Gasteiger partial charge in [-0.05, 0) is 17.9 Å². The van der Waals surface area contributed by atoms with E-state index in [9.17, 15) is 13.2 Å². The summed E-state index contributed by atoms with van der Waals surface area (Å²) in [7, 11) is -2.25. The Kier molecular flexibility index (Phi) is 8.81. The molecule has 10 heteroatoms. The van der Waals surface area contributed by atoms with Gasteiger partial charge in [-0.25, -0.2) is 8.42 Å². The molecule has 0 spiro atoms. The number of carbonyl (C=O) groups excluding carboxylic acids is 1. The van der Waals surface area contributed by atoms with Crippen molar-refractivity contribution >= 4 is 43.7 Å². The van der Waals surface area contributed by atoms with E-state index < -0.39 is 15.9 Å². The number of rotatable bonds is 12. The van der Waals surface area contributed by atoms with Crippen LogP contribution in [-0.4, -0.2) is 42.4 Å². The van der Waals surface area contributed by atoms with Crippen molar-refractivity contribution in [3.8, 4) is 0 Å². The van der Waals surface area contributed by atoms with Crippen LogP contribution in [0.5, 0.6) is 0 Å². The maximum Gasteiger partial charge on any atom is 0.252 e. The van der Waals surface area contributed by atoms with Crippen LogP contribution in [-0.2, 0) is 21.2 Å². The number of nitrogens with one attached hydrogen (secondary N) is 1. The zero-order valence-corrected chi connectivity index (χ0v) is 18.1. The standard InChI is InChI=1S/C17H26N4O3S3/c1-3-4-5-6-7-8-10-15-19-20-17(26-15)18-14(22)13-21(2)27(23,24)16-11-9-12-25-16/h9,11-12H,3-8,10,13H2,1-2H3,(H,18,20,22). The highest BCUT2D eigenvalue weighted by Crippen LogP contribution is 2.21. The number of aromatic nitrogens is 2. The molecular weight excluding hydrogens is 404 g/mol. The lowest BCUT2D eigenvalue weighted by molar-refractivity contribution is -0.116. The van der Waals surface area contributed by atoms with Gasteiger partial charge in [0.25, 0.3) is 10.0 Å². The van der Waals surface area contributed by atoms with E-state index in [1.165, 1.54) is 56.6 Å². The summed E-state index contributed by atoms with van der Waals surface area (Å²) in [6.45, 7) is 1.93. The Hall–Kier alpha value is -1.36. The summed E-state index contributed by atoms with van der Waals surface area (Å²) in [6.07, 6.45) is 8.12. The lowest BCUT2D eigenvalue weighted by Gasteiger charge is -2.14. The third kappa shape index (κ3) is 6.95. The van der Waals surface area contributed by atoms with Crippen molar-refractivity contribution in [2.75, 3.05) is 18.9 Å². The van der Waals surface area contributed by atoms with Gasteiger partial charge in [-0.2, -0.15) is 4.31 Å². The summed E-state index contributed by atoms with van der Waals surface area (Å²) < 4.78 is 25.9. The van der Waals surface area contributed by atoms with E-state index in [0.29, 0.717) is 5.13 Å². The monoisotopic (exact) mass is 430 g/mol. The predicted octanol–water partition coefficient (Wildman–Crippen LogP) is 3.76. The normalized spacial score (nSPS) is 11.8. The molecule has 0 saturated carbocycles. The number of carbonyl (C=O) groups is 1. The van der Waals surface area contributed by atoms with Crippen LogP contribution in [0.4, 0.5) is 5.13 Å². The number of likely N-dealkylation sites (N-methyl/N-ethyl adjacent to an activating group) is 1. The van der Waals surface area contributed by atoms with E-state index in [0.717, 1.165) is 33.5 Å². The van der Waals surface area contributed by atoms with Crippen LogP contribution in [0.3, 0.4) is 0 Å². The van der Waals surface area contributed by atoms with Crippen molar-refractivity contribution in [3.63, 3.8) is 0 Å². The molecule has 7 nitrogen and oxygen atoms in total. The minimum atomic E-state index is -3.64. The fourth-order valence-corrected chi connectivity index (χ4v) is 5.60. The zero-order valence-electron chi connectivity index (χ0n) is 15.7. The number of nitrogens with zero attached hydrogens (tertiary/aromatic N) is 3. The third-order valence-corrected chi connectivity index (χ3v) is 8.06. The number of hydrogen-bond acceptors (Lipinski definition) is 7. The van der Waals surface area contributed by atoms with Gasteiger partial charge in [-0.15, -0.1) is 21.5 Å². The molecule has 0 fully saturated rings. The molecule has 0 aromatic carbocycles. The van der Waals surface area contributed by atoms with Crippen LogP contribution in [0, 0.1) is 0 Å². The number of amides is 1. The van der Waals surface area contributed by atoms with Crippen molar-refractivity contribution in [2.24, 2.45) is 0 Å². The molecule has 0 aliphatic heterocycles. The lowest BCUT2D eigenvalue weighted by atomic mass is 10.1. The summed E-state index contributed by atoms with van der Waals surface area (Å²) in [4.78, 5) is 12.1. The number of thiophene rings is 1. The highest BCUT2D eigenvalue weighted by molar-refractivity contribution is 7.91. The largest absolute Gasteiger partial charge is 0.299 e. The van der Waals surface area contributed by atoms with Crippen LogP contribution in [0.15, 0.2) is 21.7 Å². The molecule has 0 bridgehead atoms. The maximum atomic E-state index is 12.3. The van der Waals surface area contributed by atoms with Gasteiger partial charge >= 0.3 is 0 Å². The molecule has 2 rings (SSSR count). The van der Waals surface area contributed by atoms with Crippen LogP contribution in [0.1, 0.15) is 50.5 Å². The minimum Gasteiger partial charge on any atom is -0.299 e. The molecule has 0 aliphatic carbocycles. The Bertz CT molecular complexity index is 803. The van der Waals surface area contributed by atoms with Gasteiger partial charge in [0, 0.05) is 13.5 Å². The fourth-order valence-electron chi connectivity index (χ4n) is 2.47. The summed E-state index contributed by atoms with van der Waals surface area (Å²) in [6, 6.07) is 3.19. The Labute approximate surface area is 168 Å². The van der Waals surface area contributed by atoms with E-state index >= 15 is 0 Å². The van der Waals surface area contributed by atoms with Gasteiger partial charge in [0.05, 0.1) is 6.54 Å². The van der Waals surface area contributed by atoms with Crippen molar-refractivity contribution in [1.82, 2.24) is 14.5 Å². The highest BCUT2D eigenvalue weighted by Gasteiger charge is 2.24. The van der Waals surface area contributed by atoms with Crippen molar-refractivity contribution in [3.05, 3.63) is 22.5 Å². The molecule has 0 saturated heterocycles. The van der Waals surface area contributed by atoms with Gasteiger partial charge in [-0.1, -0.05) is 56.4 Å². The molecule has 150 valence electrons. The van der Waals surface area contributed by atoms with Gasteiger partial charge in [0.1, 0.15) is 9.22 Å². The average Bonchev–Trinajstić information content (AvgIpc) is 3.30. The second-order valence-corrected chi connectivity index (χ2v) is 10.5. The van der Waals surface area contributed by atoms with E-state index in [2.05, 4.69) is 22.4 Å². The van der Waals surface area contributed by atoms with Crippen molar-refractivity contribution < 1.29 is 13.2 Å². The molecule has 0 atom stereocenters. The first-order valence-electron chi connectivity index (χ1n) is 9.05. The Morgan fingerprint density at radius 2 is 1.93 bits per heavy atom. The summed E-state index contributed by atoms with van der Waals surface area (Å²) in [5.74, 6) is -0.431. The molecule has 1 amide bonds. The summed E-state index contributed by atoms with van der Waals surface area (Å²) >= 11 is 2.47. The number of hydrogen-bond donors (Lipinski definition) is 1. The molecule has 2 aromatic rings. The quantitative estimate of drug-likeness (QED) is 0.518. The lowest BCUT2D eigenvalue weighted by Crippen LogP contribution is -2.34. The fraction of sp³-hybridized carbons (Fsp3) is 0.588. The topological polar surface area (TPSA) is 92.3 Å². The Morgan fingerprint density at radius 3 is 2.63 bits per heavy atom. The van der Waals surface area contributed by atoms with Crippen molar-refractivity contribution in [1.29, 1.82) is 0 Å². The third-order valence-electron chi connectivity index (χ3n) is 3.98. The van der Waals surface area contributed by atoms with E-state index in [1.807, 2.05) is 0 Å². The molecular formula is C17H26N4O3S3. The number of anilines is 1. The molecule has 2 aromatic heterocycles. The Morgan fingerprint density at radius 1 is 1.19 bits per heavy atom. The smallest absolute Gasteiger partial charge is 0.252 e. The first-order valence-corrected chi connectivity index (χ1v) is 12.2. The average molecular weight is 431 g/mol. The second kappa shape index (κ2) is 10.8. The molecule has 2 heterocycles. The summed E-state index contributed by atoms with van der Waals surface area (Å²) in [5.41, 5.74) is 0. The first kappa shape index (κ1) is 21.9. The summed E-state index contributed by atoms with van der Waals surface area (Å²) in [5, 5.41) is 13.7. The second-order valence-electron chi connectivity index (χ2n) is 6.26. The molecule has 0 aliphatic rings. The van der Waals surface area contributed by atoms with Crippen molar-refractivity contribution in [2.45, 2.75) is 56.1 Å². The highest BCUT2D eigenvalue weighted by atomic mass is 32.2. The molecule has 1 N–H and O–H groups in total. The maximum absolute atomic E-state index is 12.3. The SMILES string of the molecule is CCCCCCCCc1nnc(NC(=O)CN(C)S(=O)(=O)c2cccs2)s1. The number of sulfonamides is 1. The van der Waals surface area contributed by atoms with Gasteiger partial charge < -0.3 is 0 Å². The van der Waals surface area contributed by atoms with Crippen LogP contribution in [0.25, 0.3) is 0 Å².